The van der Waals surface area contributed by atoms with Gasteiger partial charge in [0.05, 0.1) is 15.5 Å². The number of benzene rings is 1. The summed E-state index contributed by atoms with van der Waals surface area (Å²) in [7, 11) is 0. The fourth-order valence-corrected chi connectivity index (χ4v) is 2.37. The molecule has 0 N–H and O–H groups in total. The minimum atomic E-state index is -0.699. The SMILES string of the molecule is O=C1OC(c2cc([N+](=O)[O-])ccc2Cl)=N/C1=C/c1ccc(Br)o1. The van der Waals surface area contributed by atoms with Crippen LogP contribution in [0.1, 0.15) is 11.3 Å². The zero-order valence-electron chi connectivity index (χ0n) is 11.2. The van der Waals surface area contributed by atoms with Crippen LogP contribution in [-0.2, 0) is 9.53 Å². The molecule has 2 aromatic rings. The third-order valence-electron chi connectivity index (χ3n) is 2.88. The summed E-state index contributed by atoms with van der Waals surface area (Å²) in [5.41, 5.74) is -0.0155. The maximum Gasteiger partial charge on any atom is 0.363 e. The van der Waals surface area contributed by atoms with Gasteiger partial charge in [-0.25, -0.2) is 9.79 Å². The van der Waals surface area contributed by atoms with E-state index in [0.29, 0.717) is 10.4 Å². The van der Waals surface area contributed by atoms with Crippen molar-refractivity contribution >= 4 is 51.2 Å². The van der Waals surface area contributed by atoms with Crippen LogP contribution >= 0.6 is 27.5 Å². The lowest BCUT2D eigenvalue weighted by Crippen LogP contribution is -2.06. The minimum Gasteiger partial charge on any atom is -0.450 e. The molecule has 23 heavy (non-hydrogen) atoms. The molecule has 1 aliphatic heterocycles. The summed E-state index contributed by atoms with van der Waals surface area (Å²) in [6.45, 7) is 0. The highest BCUT2D eigenvalue weighted by Gasteiger charge is 2.27. The number of carbonyl (C=O) groups is 1. The Bertz CT molecular complexity index is 887. The summed E-state index contributed by atoms with van der Waals surface area (Å²) in [5, 5.41) is 11.0. The molecule has 1 aromatic heterocycles. The van der Waals surface area contributed by atoms with Gasteiger partial charge < -0.3 is 9.15 Å². The quantitative estimate of drug-likeness (QED) is 0.338. The van der Waals surface area contributed by atoms with Gasteiger partial charge in [0.2, 0.25) is 5.90 Å². The number of furan rings is 1. The van der Waals surface area contributed by atoms with E-state index in [1.54, 1.807) is 12.1 Å². The largest absolute Gasteiger partial charge is 0.450 e. The van der Waals surface area contributed by atoms with Gasteiger partial charge in [0, 0.05) is 18.2 Å². The zero-order valence-corrected chi connectivity index (χ0v) is 13.5. The lowest BCUT2D eigenvalue weighted by Gasteiger charge is -2.02. The van der Waals surface area contributed by atoms with Gasteiger partial charge in [-0.3, -0.25) is 10.1 Å². The number of carbonyl (C=O) groups excluding carboxylic acids is 1. The highest BCUT2D eigenvalue weighted by molar-refractivity contribution is 9.10. The molecule has 0 unspecified atom stereocenters. The van der Waals surface area contributed by atoms with Crippen LogP contribution in [-0.4, -0.2) is 16.8 Å². The third-order valence-corrected chi connectivity index (χ3v) is 3.64. The van der Waals surface area contributed by atoms with Gasteiger partial charge in [-0.2, -0.15) is 0 Å². The number of rotatable bonds is 3. The number of hydrogen-bond donors (Lipinski definition) is 0. The standard InChI is InChI=1S/C14H6BrClN2O5/c15-12-4-2-8(22-12)6-11-14(19)23-13(17-11)9-5-7(18(20)21)1-3-10(9)16/h1-6H/b11-6+. The molecule has 0 fully saturated rings. The van der Waals surface area contributed by atoms with E-state index in [1.165, 1.54) is 24.3 Å². The van der Waals surface area contributed by atoms with Crippen LogP contribution in [0.2, 0.25) is 5.02 Å². The molecule has 116 valence electrons. The summed E-state index contributed by atoms with van der Waals surface area (Å²) in [5.74, 6) is -0.394. The van der Waals surface area contributed by atoms with Gasteiger partial charge in [0.1, 0.15) is 5.76 Å². The first kappa shape index (κ1) is 15.4. The molecular weight excluding hydrogens is 392 g/mol. The second kappa shape index (κ2) is 5.98. The number of esters is 1. The minimum absolute atomic E-state index is 0.00410. The summed E-state index contributed by atoms with van der Waals surface area (Å²) >= 11 is 9.15. The van der Waals surface area contributed by atoms with E-state index >= 15 is 0 Å². The number of hydrogen-bond acceptors (Lipinski definition) is 6. The second-order valence-electron chi connectivity index (χ2n) is 4.40. The molecule has 9 heteroatoms. The molecule has 0 saturated heterocycles. The monoisotopic (exact) mass is 396 g/mol. The number of halogens is 2. The molecule has 1 aliphatic rings. The number of cyclic esters (lactones) is 1. The Balaban J connectivity index is 2.00. The fraction of sp³-hybridized carbons (Fsp3) is 0. The first-order valence-corrected chi connectivity index (χ1v) is 7.33. The predicted molar refractivity (Wildman–Crippen MR) is 85.1 cm³/mol. The van der Waals surface area contributed by atoms with E-state index < -0.39 is 10.9 Å². The number of nitro benzene ring substituents is 1. The van der Waals surface area contributed by atoms with Crippen molar-refractivity contribution in [3.05, 3.63) is 67.2 Å². The van der Waals surface area contributed by atoms with Crippen molar-refractivity contribution in [2.75, 3.05) is 0 Å². The summed E-state index contributed by atoms with van der Waals surface area (Å²) in [6, 6.07) is 7.09. The average Bonchev–Trinajstić information content (AvgIpc) is 3.06. The number of ether oxygens (including phenoxy) is 1. The molecule has 0 aliphatic carbocycles. The zero-order chi connectivity index (χ0) is 16.6. The molecule has 1 aromatic carbocycles. The number of nitro groups is 1. The van der Waals surface area contributed by atoms with Crippen molar-refractivity contribution < 1.29 is 18.9 Å². The van der Waals surface area contributed by atoms with Crippen LogP contribution in [0.15, 0.2) is 50.1 Å². The predicted octanol–water partition coefficient (Wildman–Crippen LogP) is 3.95. The third kappa shape index (κ3) is 3.17. The molecule has 0 spiro atoms. The second-order valence-corrected chi connectivity index (χ2v) is 5.59. The molecule has 0 saturated carbocycles. The van der Waals surface area contributed by atoms with Crippen LogP contribution in [0.3, 0.4) is 0 Å². The van der Waals surface area contributed by atoms with Crippen LogP contribution in [0.25, 0.3) is 6.08 Å². The van der Waals surface area contributed by atoms with Crippen molar-refractivity contribution in [1.29, 1.82) is 0 Å². The molecule has 0 radical (unpaired) electrons. The maximum absolute atomic E-state index is 11.9. The van der Waals surface area contributed by atoms with E-state index in [-0.39, 0.29) is 27.9 Å². The Hall–Kier alpha value is -2.45. The maximum atomic E-state index is 11.9. The highest BCUT2D eigenvalue weighted by atomic mass is 79.9. The summed E-state index contributed by atoms with van der Waals surface area (Å²) < 4.78 is 10.8. The van der Waals surface area contributed by atoms with E-state index in [2.05, 4.69) is 20.9 Å². The van der Waals surface area contributed by atoms with Gasteiger partial charge in [0.25, 0.3) is 5.69 Å². The van der Waals surface area contributed by atoms with Crippen molar-refractivity contribution in [3.8, 4) is 0 Å². The number of nitrogens with zero attached hydrogens (tertiary/aromatic N) is 2. The molecular formula is C14H6BrClN2O5. The Morgan fingerprint density at radius 3 is 2.74 bits per heavy atom. The van der Waals surface area contributed by atoms with E-state index in [1.807, 2.05) is 0 Å². The van der Waals surface area contributed by atoms with Crippen molar-refractivity contribution in [3.63, 3.8) is 0 Å². The Morgan fingerprint density at radius 2 is 2.09 bits per heavy atom. The summed E-state index contributed by atoms with van der Waals surface area (Å²) in [4.78, 5) is 26.2. The molecule has 0 atom stereocenters. The smallest absolute Gasteiger partial charge is 0.363 e. The van der Waals surface area contributed by atoms with Crippen LogP contribution < -0.4 is 0 Å². The molecule has 2 heterocycles. The fourth-order valence-electron chi connectivity index (χ4n) is 1.86. The summed E-state index contributed by atoms with van der Waals surface area (Å²) in [6.07, 6.45) is 1.39. The Kier molecular flexibility index (Phi) is 4.01. The van der Waals surface area contributed by atoms with Crippen molar-refractivity contribution in [1.82, 2.24) is 0 Å². The van der Waals surface area contributed by atoms with Gasteiger partial charge in [-0.1, -0.05) is 11.6 Å². The van der Waals surface area contributed by atoms with Gasteiger partial charge >= 0.3 is 5.97 Å². The van der Waals surface area contributed by atoms with Crippen molar-refractivity contribution in [2.45, 2.75) is 0 Å². The van der Waals surface area contributed by atoms with Crippen LogP contribution in [0.4, 0.5) is 5.69 Å². The lowest BCUT2D eigenvalue weighted by atomic mass is 10.2. The van der Waals surface area contributed by atoms with Gasteiger partial charge in [0.15, 0.2) is 10.4 Å². The first-order valence-electron chi connectivity index (χ1n) is 6.16. The van der Waals surface area contributed by atoms with E-state index in [4.69, 9.17) is 20.8 Å². The van der Waals surface area contributed by atoms with Crippen LogP contribution in [0, 0.1) is 10.1 Å². The molecule has 7 nitrogen and oxygen atoms in total. The average molecular weight is 398 g/mol. The van der Waals surface area contributed by atoms with E-state index in [9.17, 15) is 14.9 Å². The van der Waals surface area contributed by atoms with Crippen molar-refractivity contribution in [2.24, 2.45) is 4.99 Å². The van der Waals surface area contributed by atoms with Crippen LogP contribution in [0.5, 0.6) is 0 Å². The molecule has 0 amide bonds. The topological polar surface area (TPSA) is 94.9 Å². The van der Waals surface area contributed by atoms with Gasteiger partial charge in [-0.15, -0.1) is 0 Å². The van der Waals surface area contributed by atoms with Gasteiger partial charge in [-0.05, 0) is 34.1 Å². The number of non-ortho nitro benzene ring substituents is 1. The molecule has 0 bridgehead atoms. The normalized spacial score (nSPS) is 15.7. The Morgan fingerprint density at radius 1 is 1.30 bits per heavy atom. The first-order chi connectivity index (χ1) is 10.9. The molecule has 3 rings (SSSR count). The number of aliphatic imine (C=N–C) groups is 1. The highest BCUT2D eigenvalue weighted by Crippen LogP contribution is 2.27. The Labute approximate surface area is 142 Å². The van der Waals surface area contributed by atoms with E-state index in [0.717, 1.165) is 0 Å². The lowest BCUT2D eigenvalue weighted by molar-refractivity contribution is -0.384.